The van der Waals surface area contributed by atoms with Crippen molar-refractivity contribution in [1.29, 1.82) is 0 Å². The average molecular weight is 294 g/mol. The van der Waals surface area contributed by atoms with Crippen LogP contribution in [0.2, 0.25) is 0 Å². The van der Waals surface area contributed by atoms with E-state index in [1.165, 1.54) is 43.1 Å². The molecule has 0 bridgehead atoms. The molecule has 0 N–H and O–H groups in total. The van der Waals surface area contributed by atoms with Crippen LogP contribution >= 0.6 is 15.9 Å². The van der Waals surface area contributed by atoms with Gasteiger partial charge in [-0.05, 0) is 68.8 Å². The Morgan fingerprint density at radius 3 is 2.88 bits per heavy atom. The van der Waals surface area contributed by atoms with Crippen molar-refractivity contribution in [3.05, 3.63) is 33.8 Å². The van der Waals surface area contributed by atoms with Crippen molar-refractivity contribution in [1.82, 2.24) is 4.90 Å². The largest absolute Gasteiger partial charge is 0.297 e. The molecule has 3 rings (SSSR count). The minimum Gasteiger partial charge on any atom is -0.297 e. The lowest BCUT2D eigenvalue weighted by atomic mass is 9.87. The summed E-state index contributed by atoms with van der Waals surface area (Å²) in [5.74, 6) is 0. The molecule has 0 amide bonds. The molecular weight excluding hydrogens is 274 g/mol. The van der Waals surface area contributed by atoms with Crippen LogP contribution in [0.25, 0.3) is 0 Å². The highest BCUT2D eigenvalue weighted by Crippen LogP contribution is 2.30. The van der Waals surface area contributed by atoms with Gasteiger partial charge in [-0.15, -0.1) is 0 Å². The molecule has 1 aliphatic heterocycles. The zero-order valence-corrected chi connectivity index (χ0v) is 12.0. The van der Waals surface area contributed by atoms with E-state index in [0.29, 0.717) is 0 Å². The predicted octanol–water partition coefficient (Wildman–Crippen LogP) is 3.79. The van der Waals surface area contributed by atoms with Gasteiger partial charge >= 0.3 is 0 Å². The third kappa shape index (κ3) is 2.30. The van der Waals surface area contributed by atoms with Crippen LogP contribution in [0, 0.1) is 0 Å². The first-order valence-corrected chi connectivity index (χ1v) is 7.56. The van der Waals surface area contributed by atoms with Gasteiger partial charge in [-0.25, -0.2) is 0 Å². The maximum Gasteiger partial charge on any atom is 0.0178 e. The summed E-state index contributed by atoms with van der Waals surface area (Å²) in [6.45, 7) is 3.71. The second-order valence-corrected chi connectivity index (χ2v) is 6.45. The van der Waals surface area contributed by atoms with E-state index >= 15 is 0 Å². The zero-order valence-electron chi connectivity index (χ0n) is 10.5. The van der Waals surface area contributed by atoms with Gasteiger partial charge in [-0.3, -0.25) is 4.90 Å². The molecule has 0 saturated carbocycles. The quantitative estimate of drug-likeness (QED) is 0.761. The Labute approximate surface area is 112 Å². The first kappa shape index (κ1) is 11.7. The second-order valence-electron chi connectivity index (χ2n) is 5.54. The SMILES string of the molecule is C[C@@H]1CCCN1C1CCc2cc(Br)ccc2C1. The summed E-state index contributed by atoms with van der Waals surface area (Å²) >= 11 is 3.57. The van der Waals surface area contributed by atoms with Crippen molar-refractivity contribution in [2.75, 3.05) is 6.54 Å². The fourth-order valence-corrected chi connectivity index (χ4v) is 3.89. The van der Waals surface area contributed by atoms with E-state index in [4.69, 9.17) is 0 Å². The molecule has 2 aliphatic rings. The lowest BCUT2D eigenvalue weighted by molar-refractivity contribution is 0.174. The predicted molar refractivity (Wildman–Crippen MR) is 75.4 cm³/mol. The van der Waals surface area contributed by atoms with Gasteiger partial charge in [0, 0.05) is 16.6 Å². The number of likely N-dealkylation sites (tertiary alicyclic amines) is 1. The van der Waals surface area contributed by atoms with Crippen LogP contribution in [0.5, 0.6) is 0 Å². The molecule has 1 aromatic rings. The summed E-state index contributed by atoms with van der Waals surface area (Å²) < 4.78 is 1.23. The maximum absolute atomic E-state index is 3.57. The number of aryl methyl sites for hydroxylation is 1. The van der Waals surface area contributed by atoms with Crippen LogP contribution in [0.3, 0.4) is 0 Å². The molecule has 2 heteroatoms. The number of rotatable bonds is 1. The van der Waals surface area contributed by atoms with Crippen LogP contribution < -0.4 is 0 Å². The average Bonchev–Trinajstić information content (AvgIpc) is 2.75. The fraction of sp³-hybridized carbons (Fsp3) is 0.600. The van der Waals surface area contributed by atoms with E-state index in [1.54, 1.807) is 11.1 Å². The molecule has 1 aromatic carbocycles. The van der Waals surface area contributed by atoms with Crippen LogP contribution in [0.1, 0.15) is 37.3 Å². The Morgan fingerprint density at radius 1 is 1.24 bits per heavy atom. The lowest BCUT2D eigenvalue weighted by Crippen LogP contribution is -2.41. The molecule has 1 heterocycles. The van der Waals surface area contributed by atoms with Gasteiger partial charge in [0.1, 0.15) is 0 Å². The first-order valence-electron chi connectivity index (χ1n) is 6.77. The standard InChI is InChI=1S/C15H20BrN/c1-11-3-2-8-17(11)15-7-5-12-9-14(16)6-4-13(12)10-15/h4,6,9,11,15H,2-3,5,7-8,10H2,1H3/t11-,15?/m1/s1. The summed E-state index contributed by atoms with van der Waals surface area (Å²) in [5, 5.41) is 0. The summed E-state index contributed by atoms with van der Waals surface area (Å²) in [7, 11) is 0. The summed E-state index contributed by atoms with van der Waals surface area (Å²) in [5.41, 5.74) is 3.13. The number of hydrogen-bond acceptors (Lipinski definition) is 1. The number of halogens is 1. The highest BCUT2D eigenvalue weighted by molar-refractivity contribution is 9.10. The van der Waals surface area contributed by atoms with Crippen LogP contribution in [-0.2, 0) is 12.8 Å². The molecule has 1 saturated heterocycles. The first-order chi connectivity index (χ1) is 8.24. The second kappa shape index (κ2) is 4.74. The fourth-order valence-electron chi connectivity index (χ4n) is 3.49. The van der Waals surface area contributed by atoms with Crippen molar-refractivity contribution >= 4 is 15.9 Å². The van der Waals surface area contributed by atoms with E-state index in [0.717, 1.165) is 12.1 Å². The number of benzene rings is 1. The van der Waals surface area contributed by atoms with Crippen molar-refractivity contribution in [2.45, 2.75) is 51.1 Å². The maximum atomic E-state index is 3.57. The molecule has 0 spiro atoms. The monoisotopic (exact) mass is 293 g/mol. The molecule has 0 aromatic heterocycles. The van der Waals surface area contributed by atoms with Crippen LogP contribution in [0.15, 0.2) is 22.7 Å². The minimum atomic E-state index is 0.793. The van der Waals surface area contributed by atoms with Gasteiger partial charge in [0.05, 0.1) is 0 Å². The molecule has 1 aliphatic carbocycles. The third-order valence-corrected chi connectivity index (χ3v) is 4.94. The topological polar surface area (TPSA) is 3.24 Å². The van der Waals surface area contributed by atoms with E-state index < -0.39 is 0 Å². The van der Waals surface area contributed by atoms with Gasteiger partial charge in [0.2, 0.25) is 0 Å². The Bertz CT molecular complexity index is 415. The Balaban J connectivity index is 1.78. The third-order valence-electron chi connectivity index (χ3n) is 4.44. The molecule has 1 unspecified atom stereocenters. The van der Waals surface area contributed by atoms with Crippen LogP contribution in [0.4, 0.5) is 0 Å². The normalized spacial score (nSPS) is 29.3. The Kier molecular flexibility index (Phi) is 3.27. The van der Waals surface area contributed by atoms with E-state index in [2.05, 4.69) is 46.0 Å². The summed E-state index contributed by atoms with van der Waals surface area (Å²) in [6.07, 6.45) is 6.64. The smallest absolute Gasteiger partial charge is 0.0178 e. The molecule has 2 atom stereocenters. The summed E-state index contributed by atoms with van der Waals surface area (Å²) in [6, 6.07) is 8.40. The Hall–Kier alpha value is -0.340. The number of nitrogens with zero attached hydrogens (tertiary/aromatic N) is 1. The minimum absolute atomic E-state index is 0.793. The van der Waals surface area contributed by atoms with Crippen molar-refractivity contribution in [3.8, 4) is 0 Å². The molecule has 1 nitrogen and oxygen atoms in total. The van der Waals surface area contributed by atoms with Gasteiger partial charge in [-0.2, -0.15) is 0 Å². The van der Waals surface area contributed by atoms with Crippen molar-refractivity contribution < 1.29 is 0 Å². The van der Waals surface area contributed by atoms with E-state index in [9.17, 15) is 0 Å². The Morgan fingerprint density at radius 2 is 2.12 bits per heavy atom. The molecular formula is C15H20BrN. The lowest BCUT2D eigenvalue weighted by Gasteiger charge is -2.35. The zero-order chi connectivity index (χ0) is 11.8. The van der Waals surface area contributed by atoms with Crippen molar-refractivity contribution in [3.63, 3.8) is 0 Å². The molecule has 92 valence electrons. The van der Waals surface area contributed by atoms with Gasteiger partial charge in [-0.1, -0.05) is 22.0 Å². The van der Waals surface area contributed by atoms with Gasteiger partial charge in [0.15, 0.2) is 0 Å². The summed E-state index contributed by atoms with van der Waals surface area (Å²) in [4.78, 5) is 2.74. The molecule has 1 fully saturated rings. The van der Waals surface area contributed by atoms with Gasteiger partial charge in [0.25, 0.3) is 0 Å². The van der Waals surface area contributed by atoms with E-state index in [1.807, 2.05) is 0 Å². The number of hydrogen-bond donors (Lipinski definition) is 0. The highest BCUT2D eigenvalue weighted by Gasteiger charge is 2.30. The molecule has 0 radical (unpaired) electrons. The highest BCUT2D eigenvalue weighted by atomic mass is 79.9. The number of fused-ring (bicyclic) bond motifs is 1. The van der Waals surface area contributed by atoms with Crippen LogP contribution in [-0.4, -0.2) is 23.5 Å². The van der Waals surface area contributed by atoms with E-state index in [-0.39, 0.29) is 0 Å². The van der Waals surface area contributed by atoms with Gasteiger partial charge < -0.3 is 0 Å². The van der Waals surface area contributed by atoms with Crippen molar-refractivity contribution in [2.24, 2.45) is 0 Å². The molecule has 17 heavy (non-hydrogen) atoms.